The second-order valence-corrected chi connectivity index (χ2v) is 4.58. The van der Waals surface area contributed by atoms with Crippen molar-refractivity contribution in [2.75, 3.05) is 25.1 Å². The van der Waals surface area contributed by atoms with Gasteiger partial charge in [-0.05, 0) is 23.7 Å². The molecule has 102 valence electrons. The molecule has 19 heavy (non-hydrogen) atoms. The van der Waals surface area contributed by atoms with Crippen LogP contribution in [0.2, 0.25) is 5.28 Å². The van der Waals surface area contributed by atoms with Gasteiger partial charge in [0, 0.05) is 5.39 Å². The topological polar surface area (TPSA) is 98.5 Å². The van der Waals surface area contributed by atoms with Gasteiger partial charge in [-0.2, -0.15) is 0 Å². The number of benzene rings is 1. The van der Waals surface area contributed by atoms with Gasteiger partial charge in [0.15, 0.2) is 0 Å². The van der Waals surface area contributed by atoms with Crippen molar-refractivity contribution in [1.29, 1.82) is 0 Å². The smallest absolute Gasteiger partial charge is 0.224 e. The van der Waals surface area contributed by atoms with E-state index in [1.54, 1.807) is 12.1 Å². The lowest BCUT2D eigenvalue weighted by Crippen LogP contribution is -2.49. The van der Waals surface area contributed by atoms with Crippen LogP contribution in [-0.4, -0.2) is 50.6 Å². The molecule has 0 bridgehead atoms. The minimum Gasteiger partial charge on any atom is -0.394 e. The van der Waals surface area contributed by atoms with Crippen LogP contribution in [0.5, 0.6) is 0 Å². The van der Waals surface area contributed by atoms with E-state index < -0.39 is 25.4 Å². The second kappa shape index (κ2) is 5.66. The van der Waals surface area contributed by atoms with Crippen LogP contribution in [0.15, 0.2) is 24.3 Å². The van der Waals surface area contributed by atoms with E-state index in [1.807, 2.05) is 12.1 Å². The van der Waals surface area contributed by atoms with Gasteiger partial charge in [0.1, 0.15) is 11.4 Å². The van der Waals surface area contributed by atoms with Gasteiger partial charge in [-0.3, -0.25) is 0 Å². The Bertz CT molecular complexity index is 567. The molecule has 6 nitrogen and oxygen atoms in total. The highest BCUT2D eigenvalue weighted by Crippen LogP contribution is 2.24. The van der Waals surface area contributed by atoms with E-state index in [2.05, 4.69) is 15.3 Å². The van der Waals surface area contributed by atoms with Crippen molar-refractivity contribution >= 4 is 28.3 Å². The van der Waals surface area contributed by atoms with E-state index >= 15 is 0 Å². The van der Waals surface area contributed by atoms with E-state index in [-0.39, 0.29) is 5.28 Å². The van der Waals surface area contributed by atoms with Crippen molar-refractivity contribution < 1.29 is 15.3 Å². The lowest BCUT2D eigenvalue weighted by atomic mass is 10.0. The molecule has 0 spiro atoms. The first-order valence-corrected chi connectivity index (χ1v) is 6.05. The molecule has 1 aromatic heterocycles. The van der Waals surface area contributed by atoms with E-state index in [1.165, 1.54) is 0 Å². The number of fused-ring (bicyclic) bond motifs is 1. The Labute approximate surface area is 114 Å². The number of anilines is 1. The van der Waals surface area contributed by atoms with Crippen LogP contribution in [0.3, 0.4) is 0 Å². The molecule has 7 heteroatoms. The Hall–Kier alpha value is -1.47. The predicted molar refractivity (Wildman–Crippen MR) is 72.2 cm³/mol. The maximum absolute atomic E-state index is 9.32. The van der Waals surface area contributed by atoms with Gasteiger partial charge in [-0.25, -0.2) is 9.97 Å². The van der Waals surface area contributed by atoms with Crippen molar-refractivity contribution in [3.8, 4) is 0 Å². The molecule has 1 aromatic carbocycles. The fourth-order valence-electron chi connectivity index (χ4n) is 1.66. The highest BCUT2D eigenvalue weighted by molar-refractivity contribution is 6.28. The third kappa shape index (κ3) is 2.76. The number of hydrogen-bond acceptors (Lipinski definition) is 6. The zero-order valence-corrected chi connectivity index (χ0v) is 10.8. The van der Waals surface area contributed by atoms with Crippen molar-refractivity contribution in [1.82, 2.24) is 9.97 Å². The van der Waals surface area contributed by atoms with Crippen LogP contribution >= 0.6 is 11.6 Å². The standard InChI is InChI=1S/C12H14ClN3O3/c13-11-14-9-4-2-1-3-8(9)10(15-11)16-12(5-17,6-18)7-19/h1-4,17-19H,5-7H2,(H,14,15,16). The van der Waals surface area contributed by atoms with Crippen LogP contribution in [0.4, 0.5) is 5.82 Å². The summed E-state index contributed by atoms with van der Waals surface area (Å²) in [6, 6.07) is 7.17. The Morgan fingerprint density at radius 1 is 1.05 bits per heavy atom. The fourth-order valence-corrected chi connectivity index (χ4v) is 1.84. The highest BCUT2D eigenvalue weighted by Gasteiger charge is 2.29. The summed E-state index contributed by atoms with van der Waals surface area (Å²) >= 11 is 5.83. The van der Waals surface area contributed by atoms with Gasteiger partial charge in [0.05, 0.1) is 25.3 Å². The normalized spacial score (nSPS) is 11.8. The average molecular weight is 284 g/mol. The van der Waals surface area contributed by atoms with Gasteiger partial charge in [0.2, 0.25) is 5.28 Å². The van der Waals surface area contributed by atoms with E-state index in [0.29, 0.717) is 16.7 Å². The van der Waals surface area contributed by atoms with Crippen molar-refractivity contribution in [2.24, 2.45) is 0 Å². The average Bonchev–Trinajstić information content (AvgIpc) is 2.44. The van der Waals surface area contributed by atoms with Crippen LogP contribution in [0.1, 0.15) is 0 Å². The summed E-state index contributed by atoms with van der Waals surface area (Å²) in [5.74, 6) is 0.354. The Kier molecular flexibility index (Phi) is 4.16. The molecule has 0 aliphatic rings. The van der Waals surface area contributed by atoms with Gasteiger partial charge in [0.25, 0.3) is 0 Å². The summed E-state index contributed by atoms with van der Waals surface area (Å²) in [6.45, 7) is -1.35. The summed E-state index contributed by atoms with van der Waals surface area (Å²) in [5.41, 5.74) is -0.631. The Morgan fingerprint density at radius 3 is 2.32 bits per heavy atom. The number of nitrogens with zero attached hydrogens (tertiary/aromatic N) is 2. The number of aliphatic hydroxyl groups is 3. The van der Waals surface area contributed by atoms with Crippen molar-refractivity contribution in [3.05, 3.63) is 29.5 Å². The highest BCUT2D eigenvalue weighted by atomic mass is 35.5. The molecule has 0 saturated carbocycles. The number of rotatable bonds is 5. The zero-order chi connectivity index (χ0) is 13.9. The molecule has 0 fully saturated rings. The maximum atomic E-state index is 9.32. The summed E-state index contributed by atoms with van der Waals surface area (Å²) in [6.07, 6.45) is 0. The summed E-state index contributed by atoms with van der Waals surface area (Å²) in [4.78, 5) is 8.11. The monoisotopic (exact) mass is 283 g/mol. The third-order valence-electron chi connectivity index (χ3n) is 2.87. The maximum Gasteiger partial charge on any atom is 0.224 e. The summed E-state index contributed by atoms with van der Waals surface area (Å²) < 4.78 is 0. The number of nitrogens with one attached hydrogen (secondary N) is 1. The van der Waals surface area contributed by atoms with Gasteiger partial charge < -0.3 is 20.6 Å². The first-order valence-electron chi connectivity index (χ1n) is 5.67. The summed E-state index contributed by atoms with van der Waals surface area (Å²) in [5, 5.41) is 31.5. The molecule has 0 aliphatic carbocycles. The quantitative estimate of drug-likeness (QED) is 0.593. The van der Waals surface area contributed by atoms with Gasteiger partial charge >= 0.3 is 0 Å². The molecule has 2 aromatic rings. The first-order chi connectivity index (χ1) is 9.14. The number of aromatic nitrogens is 2. The Morgan fingerprint density at radius 2 is 1.68 bits per heavy atom. The summed E-state index contributed by atoms with van der Waals surface area (Å²) in [7, 11) is 0. The predicted octanol–water partition coefficient (Wildman–Crippen LogP) is 0.411. The molecule has 0 amide bonds. The van der Waals surface area contributed by atoms with Crippen molar-refractivity contribution in [2.45, 2.75) is 5.54 Å². The number of para-hydroxylation sites is 1. The molecule has 2 rings (SSSR count). The molecule has 0 atom stereocenters. The molecular formula is C12H14ClN3O3. The van der Waals surface area contributed by atoms with E-state index in [4.69, 9.17) is 11.6 Å². The molecule has 0 unspecified atom stereocenters. The minimum absolute atomic E-state index is 0.0453. The van der Waals surface area contributed by atoms with Crippen LogP contribution < -0.4 is 5.32 Å². The SMILES string of the molecule is OCC(CO)(CO)Nc1nc(Cl)nc2ccccc12. The van der Waals surface area contributed by atoms with Crippen LogP contribution in [0.25, 0.3) is 10.9 Å². The van der Waals surface area contributed by atoms with Gasteiger partial charge in [-0.1, -0.05) is 12.1 Å². The number of aliphatic hydroxyl groups excluding tert-OH is 3. The number of halogens is 1. The van der Waals surface area contributed by atoms with E-state index in [9.17, 15) is 15.3 Å². The molecular weight excluding hydrogens is 270 g/mol. The third-order valence-corrected chi connectivity index (χ3v) is 3.04. The molecule has 0 saturated heterocycles. The lowest BCUT2D eigenvalue weighted by Gasteiger charge is -2.29. The van der Waals surface area contributed by atoms with Crippen LogP contribution in [0, 0.1) is 0 Å². The largest absolute Gasteiger partial charge is 0.394 e. The van der Waals surface area contributed by atoms with Crippen molar-refractivity contribution in [3.63, 3.8) is 0 Å². The molecule has 4 N–H and O–H groups in total. The fraction of sp³-hybridized carbons (Fsp3) is 0.333. The van der Waals surface area contributed by atoms with Crippen LogP contribution in [-0.2, 0) is 0 Å². The molecule has 0 radical (unpaired) electrons. The lowest BCUT2D eigenvalue weighted by molar-refractivity contribution is 0.0832. The first kappa shape index (κ1) is 14.0. The molecule has 0 aliphatic heterocycles. The van der Waals surface area contributed by atoms with E-state index in [0.717, 1.165) is 0 Å². The molecule has 1 heterocycles. The second-order valence-electron chi connectivity index (χ2n) is 4.24. The van der Waals surface area contributed by atoms with Gasteiger partial charge in [-0.15, -0.1) is 0 Å². The zero-order valence-electron chi connectivity index (χ0n) is 10.0. The number of hydrogen-bond donors (Lipinski definition) is 4. The Balaban J connectivity index is 2.50. The minimum atomic E-state index is -1.26.